The molecule has 0 amide bonds. The van der Waals surface area contributed by atoms with E-state index in [9.17, 15) is 5.11 Å². The number of rotatable bonds is 0. The summed E-state index contributed by atoms with van der Waals surface area (Å²) in [5.74, 6) is 2.19. The predicted molar refractivity (Wildman–Crippen MR) is 98.1 cm³/mol. The number of aryl methyl sites for hydroxylation is 1. The Labute approximate surface area is 144 Å². The highest BCUT2D eigenvalue weighted by Crippen LogP contribution is 2.61. The minimum atomic E-state index is -0.0730. The molecule has 3 aliphatic carbocycles. The van der Waals surface area contributed by atoms with E-state index in [0.29, 0.717) is 5.92 Å². The molecule has 2 N–H and O–H groups in total. The van der Waals surface area contributed by atoms with Crippen LogP contribution >= 0.6 is 0 Å². The molecule has 3 heteroatoms. The second kappa shape index (κ2) is 5.87. The average Bonchev–Trinajstić information content (AvgIpc) is 3.21. The summed E-state index contributed by atoms with van der Waals surface area (Å²) >= 11 is 0. The molecule has 3 nitrogen and oxygen atoms in total. The first-order valence-electron chi connectivity index (χ1n) is 9.81. The Morgan fingerprint density at radius 2 is 2.00 bits per heavy atom. The van der Waals surface area contributed by atoms with E-state index in [-0.39, 0.29) is 11.5 Å². The third-order valence-corrected chi connectivity index (χ3v) is 7.29. The van der Waals surface area contributed by atoms with Crippen molar-refractivity contribution in [1.29, 1.82) is 0 Å². The average molecular weight is 326 g/mol. The van der Waals surface area contributed by atoms with Crippen LogP contribution in [-0.2, 0) is 6.42 Å². The minimum absolute atomic E-state index is 0.0730. The molecule has 0 radical (unpaired) electrons. The Morgan fingerprint density at radius 3 is 2.83 bits per heavy atom. The van der Waals surface area contributed by atoms with Crippen molar-refractivity contribution in [1.82, 2.24) is 10.2 Å². The van der Waals surface area contributed by atoms with Gasteiger partial charge in [-0.15, -0.1) is 0 Å². The zero-order valence-electron chi connectivity index (χ0n) is 15.2. The Bertz CT molecular complexity index is 737. The third-order valence-electron chi connectivity index (χ3n) is 7.29. The van der Waals surface area contributed by atoms with Crippen LogP contribution in [0.25, 0.3) is 10.9 Å². The number of nitrogens with one attached hydrogen (secondary N) is 1. The van der Waals surface area contributed by atoms with E-state index in [4.69, 9.17) is 0 Å². The van der Waals surface area contributed by atoms with Crippen molar-refractivity contribution in [2.75, 3.05) is 0 Å². The molecule has 2 saturated carbocycles. The van der Waals surface area contributed by atoms with Crippen molar-refractivity contribution in [3.63, 3.8) is 0 Å². The van der Waals surface area contributed by atoms with Crippen LogP contribution in [-0.4, -0.2) is 21.4 Å². The van der Waals surface area contributed by atoms with Gasteiger partial charge in [-0.3, -0.25) is 5.10 Å². The van der Waals surface area contributed by atoms with Gasteiger partial charge in [-0.25, -0.2) is 0 Å². The van der Waals surface area contributed by atoms with Crippen LogP contribution in [0.2, 0.25) is 0 Å². The summed E-state index contributed by atoms with van der Waals surface area (Å²) < 4.78 is 0. The highest BCUT2D eigenvalue weighted by Gasteiger charge is 2.54. The summed E-state index contributed by atoms with van der Waals surface area (Å²) in [4.78, 5) is 0. The maximum atomic E-state index is 10.5. The molecule has 0 saturated heterocycles. The quantitative estimate of drug-likeness (QED) is 0.730. The number of fused-ring (bicyclic) bond motifs is 7. The van der Waals surface area contributed by atoms with Crippen molar-refractivity contribution in [3.8, 4) is 0 Å². The molecule has 1 aromatic carbocycles. The lowest BCUT2D eigenvalue weighted by Gasteiger charge is -2.50. The lowest BCUT2D eigenvalue weighted by molar-refractivity contribution is -0.0225. The van der Waals surface area contributed by atoms with E-state index in [0.717, 1.165) is 18.3 Å². The maximum Gasteiger partial charge on any atom is 0.0653 e. The van der Waals surface area contributed by atoms with E-state index in [1.807, 2.05) is 20.0 Å². The molecule has 2 aromatic rings. The minimum Gasteiger partial charge on any atom is -0.393 e. The fraction of sp³-hybridized carbons (Fsp3) is 0.667. The van der Waals surface area contributed by atoms with E-state index in [2.05, 4.69) is 29.3 Å². The molecular weight excluding hydrogens is 296 g/mol. The van der Waals surface area contributed by atoms with Gasteiger partial charge in [0.05, 0.1) is 17.8 Å². The Morgan fingerprint density at radius 1 is 1.17 bits per heavy atom. The van der Waals surface area contributed by atoms with Crippen LogP contribution < -0.4 is 0 Å². The van der Waals surface area contributed by atoms with Gasteiger partial charge in [0.2, 0.25) is 0 Å². The molecule has 1 heterocycles. The van der Waals surface area contributed by atoms with E-state index in [1.165, 1.54) is 48.6 Å². The molecule has 5 rings (SSSR count). The smallest absolute Gasteiger partial charge is 0.0653 e. The first-order chi connectivity index (χ1) is 11.7. The molecule has 0 aliphatic heterocycles. The summed E-state index contributed by atoms with van der Waals surface area (Å²) in [6.45, 7) is 6.35. The van der Waals surface area contributed by atoms with Gasteiger partial charge in [-0.1, -0.05) is 26.8 Å². The summed E-state index contributed by atoms with van der Waals surface area (Å²) in [7, 11) is 0. The lowest BCUT2D eigenvalue weighted by atomic mass is 9.55. The Balaban J connectivity index is 0.000000704. The van der Waals surface area contributed by atoms with Gasteiger partial charge < -0.3 is 5.11 Å². The number of hydrogen-bond acceptors (Lipinski definition) is 2. The van der Waals surface area contributed by atoms with Crippen molar-refractivity contribution >= 4 is 10.9 Å². The van der Waals surface area contributed by atoms with E-state index < -0.39 is 0 Å². The largest absolute Gasteiger partial charge is 0.393 e. The van der Waals surface area contributed by atoms with Crippen molar-refractivity contribution in [2.24, 2.45) is 17.3 Å². The van der Waals surface area contributed by atoms with E-state index in [1.54, 1.807) is 5.56 Å². The molecule has 0 bridgehead atoms. The molecule has 5 unspecified atom stereocenters. The SMILES string of the molecule is CC.CC12CCC3c4ccc5[nH]ncc5c4CCC3C1CCC2O. The highest BCUT2D eigenvalue weighted by molar-refractivity contribution is 5.83. The zero-order valence-corrected chi connectivity index (χ0v) is 15.2. The Hall–Kier alpha value is -1.35. The summed E-state index contributed by atoms with van der Waals surface area (Å²) in [5.41, 5.74) is 4.47. The van der Waals surface area contributed by atoms with Crippen LogP contribution in [0.4, 0.5) is 0 Å². The fourth-order valence-corrected chi connectivity index (χ4v) is 6.08. The number of aromatic amines is 1. The predicted octanol–water partition coefficient (Wildman–Crippen LogP) is 4.81. The van der Waals surface area contributed by atoms with Gasteiger partial charge in [0.15, 0.2) is 0 Å². The number of hydrogen-bond donors (Lipinski definition) is 2. The number of aliphatic hydroxyl groups excluding tert-OH is 1. The number of nitrogens with zero attached hydrogens (tertiary/aromatic N) is 1. The first kappa shape index (κ1) is 16.1. The second-order valence-corrected chi connectivity index (χ2v) is 8.02. The first-order valence-corrected chi connectivity index (χ1v) is 9.81. The van der Waals surface area contributed by atoms with Gasteiger partial charge >= 0.3 is 0 Å². The monoisotopic (exact) mass is 326 g/mol. The molecule has 2 fully saturated rings. The molecule has 130 valence electrons. The maximum absolute atomic E-state index is 10.5. The van der Waals surface area contributed by atoms with Crippen molar-refractivity contribution < 1.29 is 5.11 Å². The molecular formula is C21H30N2O. The topological polar surface area (TPSA) is 48.9 Å². The van der Waals surface area contributed by atoms with Crippen molar-refractivity contribution in [2.45, 2.75) is 71.3 Å². The van der Waals surface area contributed by atoms with Crippen LogP contribution in [0.5, 0.6) is 0 Å². The fourth-order valence-electron chi connectivity index (χ4n) is 6.08. The van der Waals surface area contributed by atoms with E-state index >= 15 is 0 Å². The molecule has 5 atom stereocenters. The standard InChI is InChI=1S/C19H24N2O.C2H6/c1-19-9-8-13-11-4-6-17-15(10-20-21-17)12(11)2-3-14(13)16(19)5-7-18(19)22;1-2/h4,6,10,13-14,16,18,22H,2-3,5,7-9H2,1H3,(H,20,21);1-2H3. The number of aliphatic hydroxyl groups is 1. The number of H-pyrrole nitrogens is 1. The molecule has 3 aliphatic rings. The third kappa shape index (κ3) is 2.10. The van der Waals surface area contributed by atoms with Gasteiger partial charge in [-0.2, -0.15) is 5.10 Å². The summed E-state index contributed by atoms with van der Waals surface area (Å²) in [5, 5.41) is 19.1. The molecule has 0 spiro atoms. The molecule has 1 aromatic heterocycles. The second-order valence-electron chi connectivity index (χ2n) is 8.02. The van der Waals surface area contributed by atoms with Crippen LogP contribution in [0.15, 0.2) is 18.3 Å². The zero-order chi connectivity index (χ0) is 16.9. The normalized spacial score (nSPS) is 37.2. The van der Waals surface area contributed by atoms with Gasteiger partial charge in [0.25, 0.3) is 0 Å². The van der Waals surface area contributed by atoms with Gasteiger partial charge in [-0.05, 0) is 78.9 Å². The molecule has 24 heavy (non-hydrogen) atoms. The summed E-state index contributed by atoms with van der Waals surface area (Å²) in [6.07, 6.45) is 9.05. The number of aromatic nitrogens is 2. The van der Waals surface area contributed by atoms with Crippen LogP contribution in [0.1, 0.15) is 69.9 Å². The Kier molecular flexibility index (Phi) is 3.95. The van der Waals surface area contributed by atoms with Crippen LogP contribution in [0.3, 0.4) is 0 Å². The number of benzene rings is 1. The van der Waals surface area contributed by atoms with Gasteiger partial charge in [0.1, 0.15) is 0 Å². The highest BCUT2D eigenvalue weighted by atomic mass is 16.3. The van der Waals surface area contributed by atoms with Gasteiger partial charge in [0, 0.05) is 5.39 Å². The summed E-state index contributed by atoms with van der Waals surface area (Å²) in [6, 6.07) is 4.56. The van der Waals surface area contributed by atoms with Crippen molar-refractivity contribution in [3.05, 3.63) is 29.5 Å². The lowest BCUT2D eigenvalue weighted by Crippen LogP contribution is -2.43. The van der Waals surface area contributed by atoms with Crippen LogP contribution in [0, 0.1) is 17.3 Å².